The van der Waals surface area contributed by atoms with Gasteiger partial charge in [0.15, 0.2) is 5.75 Å². The number of aromatic amines is 1. The maximum Gasteiger partial charge on any atom is 0.449 e. The van der Waals surface area contributed by atoms with Crippen molar-refractivity contribution in [2.24, 2.45) is 0 Å². The van der Waals surface area contributed by atoms with Gasteiger partial charge in [0.2, 0.25) is 5.82 Å². The van der Waals surface area contributed by atoms with Crippen molar-refractivity contribution in [2.45, 2.75) is 13.1 Å². The molecule has 0 fully saturated rings. The van der Waals surface area contributed by atoms with Gasteiger partial charge in [-0.05, 0) is 13.0 Å². The zero-order valence-corrected chi connectivity index (χ0v) is 12.4. The van der Waals surface area contributed by atoms with Crippen LogP contribution in [0, 0.1) is 0 Å². The number of nitrogens with zero attached hydrogens (tertiary/aromatic N) is 1. The van der Waals surface area contributed by atoms with E-state index in [1.807, 2.05) is 4.98 Å². The van der Waals surface area contributed by atoms with Crippen LogP contribution in [-0.2, 0) is 6.18 Å². The minimum atomic E-state index is -4.62. The molecule has 0 atom stereocenters. The van der Waals surface area contributed by atoms with Crippen LogP contribution in [-0.4, -0.2) is 32.8 Å². The van der Waals surface area contributed by atoms with Gasteiger partial charge in [0, 0.05) is 6.54 Å². The van der Waals surface area contributed by atoms with Crippen molar-refractivity contribution in [1.82, 2.24) is 15.3 Å². The lowest BCUT2D eigenvalue weighted by Gasteiger charge is -1.99. The third kappa shape index (κ3) is 4.31. The largest absolute Gasteiger partial charge is 0.504 e. The second-order valence-electron chi connectivity index (χ2n) is 3.84. The topological polar surface area (TPSA) is 98.2 Å². The Morgan fingerprint density at radius 1 is 1.45 bits per heavy atom. The number of amides is 1. The lowest BCUT2D eigenvalue weighted by Crippen LogP contribution is -2.19. The van der Waals surface area contributed by atoms with Crippen LogP contribution in [0.3, 0.4) is 0 Å². The minimum absolute atomic E-state index is 0.0285. The van der Waals surface area contributed by atoms with Crippen LogP contribution in [0.2, 0.25) is 10.0 Å². The summed E-state index contributed by atoms with van der Waals surface area (Å²) in [6, 6.07) is 1.17. The van der Waals surface area contributed by atoms with Crippen molar-refractivity contribution in [3.63, 3.8) is 0 Å². The first kappa shape index (κ1) is 18.2. The van der Waals surface area contributed by atoms with Crippen molar-refractivity contribution >= 4 is 40.3 Å². The van der Waals surface area contributed by atoms with E-state index in [1.165, 1.54) is 6.07 Å². The number of hydrogen-bond donors (Lipinski definition) is 4. The fourth-order valence-corrected chi connectivity index (χ4v) is 1.71. The molecule has 0 saturated carbocycles. The molecule has 2 aromatic rings. The maximum absolute atomic E-state index is 12.3. The highest BCUT2D eigenvalue weighted by Gasteiger charge is 2.35. The van der Waals surface area contributed by atoms with E-state index in [0.717, 1.165) is 0 Å². The monoisotopic (exact) mass is 359 g/mol. The molecular weight excluding hydrogens is 350 g/mol. The number of alkyl halides is 3. The molecule has 0 aliphatic carbocycles. The molecule has 0 unspecified atom stereocenters. The lowest BCUT2D eigenvalue weighted by atomic mass is 10.3. The van der Waals surface area contributed by atoms with E-state index in [9.17, 15) is 23.1 Å². The van der Waals surface area contributed by atoms with Crippen LogP contribution in [0.25, 0.3) is 11.0 Å². The third-order valence-electron chi connectivity index (χ3n) is 2.24. The number of hydrogen-bond acceptors (Lipinski definition) is 3. The Kier molecular flexibility index (Phi) is 5.72. The van der Waals surface area contributed by atoms with E-state index < -0.39 is 23.8 Å². The zero-order chi connectivity index (χ0) is 17.1. The summed E-state index contributed by atoms with van der Waals surface area (Å²) in [5, 5.41) is 19.1. The van der Waals surface area contributed by atoms with Crippen LogP contribution in [0.15, 0.2) is 6.07 Å². The van der Waals surface area contributed by atoms with Gasteiger partial charge in [0.25, 0.3) is 0 Å². The van der Waals surface area contributed by atoms with E-state index >= 15 is 0 Å². The van der Waals surface area contributed by atoms with Crippen molar-refractivity contribution < 1.29 is 28.2 Å². The number of aromatic hydroxyl groups is 1. The quantitative estimate of drug-likeness (QED) is 0.621. The maximum atomic E-state index is 12.3. The van der Waals surface area contributed by atoms with Gasteiger partial charge in [0.1, 0.15) is 10.5 Å². The first-order valence-corrected chi connectivity index (χ1v) is 6.44. The summed E-state index contributed by atoms with van der Waals surface area (Å²) in [6.07, 6.45) is -5.58. The zero-order valence-electron chi connectivity index (χ0n) is 10.9. The second kappa shape index (κ2) is 6.93. The summed E-state index contributed by atoms with van der Waals surface area (Å²) >= 11 is 11.2. The first-order chi connectivity index (χ1) is 10.1. The number of aromatic nitrogens is 2. The van der Waals surface area contributed by atoms with Crippen LogP contribution < -0.4 is 5.32 Å². The Hall–Kier alpha value is -1.87. The van der Waals surface area contributed by atoms with Gasteiger partial charge in [-0.25, -0.2) is 9.78 Å². The van der Waals surface area contributed by atoms with Crippen molar-refractivity contribution in [3.8, 4) is 5.75 Å². The number of nitrogens with one attached hydrogen (secondary N) is 2. The molecule has 0 bridgehead atoms. The number of phenols is 1. The van der Waals surface area contributed by atoms with Crippen molar-refractivity contribution in [1.29, 1.82) is 0 Å². The van der Waals surface area contributed by atoms with E-state index in [0.29, 0.717) is 6.54 Å². The van der Waals surface area contributed by atoms with E-state index in [-0.39, 0.29) is 21.1 Å². The molecule has 1 aromatic heterocycles. The predicted octanol–water partition coefficient (Wildman–Crippen LogP) is 3.87. The van der Waals surface area contributed by atoms with Crippen molar-refractivity contribution in [3.05, 3.63) is 21.9 Å². The van der Waals surface area contributed by atoms with Crippen molar-refractivity contribution in [2.75, 3.05) is 6.54 Å². The lowest BCUT2D eigenvalue weighted by molar-refractivity contribution is -0.144. The summed E-state index contributed by atoms with van der Waals surface area (Å²) < 4.78 is 37.0. The number of rotatable bonds is 1. The highest BCUT2D eigenvalue weighted by molar-refractivity contribution is 6.43. The van der Waals surface area contributed by atoms with E-state index in [2.05, 4.69) is 10.3 Å². The Labute approximate surface area is 131 Å². The van der Waals surface area contributed by atoms with E-state index in [1.54, 1.807) is 6.92 Å². The Morgan fingerprint density at radius 2 is 2.05 bits per heavy atom. The second-order valence-corrected chi connectivity index (χ2v) is 4.62. The Balaban J connectivity index is 0.000000346. The number of H-pyrrole nitrogens is 1. The van der Waals surface area contributed by atoms with Gasteiger partial charge in [-0.2, -0.15) is 13.2 Å². The molecular formula is C11H10Cl2F3N3O3. The molecule has 6 nitrogen and oxygen atoms in total. The van der Waals surface area contributed by atoms with Gasteiger partial charge in [0.05, 0.1) is 10.5 Å². The molecule has 4 N–H and O–H groups in total. The standard InChI is InChI=1S/C8H3Cl2F3N2O.C3H7NO2/c9-2-1-3-5(6(16)4(2)10)15-7(14-3)8(11,12)13;1-2-4-3(5)6/h1,16H,(H,14,15);4H,2H2,1H3,(H,5,6). The molecule has 122 valence electrons. The van der Waals surface area contributed by atoms with Crippen LogP contribution in [0.4, 0.5) is 18.0 Å². The van der Waals surface area contributed by atoms with Gasteiger partial charge in [-0.15, -0.1) is 0 Å². The number of fused-ring (bicyclic) bond motifs is 1. The number of phenolic OH excluding ortho intramolecular Hbond substituents is 1. The van der Waals surface area contributed by atoms with Gasteiger partial charge in [-0.1, -0.05) is 23.2 Å². The normalized spacial score (nSPS) is 11.0. The molecule has 0 spiro atoms. The fourth-order valence-electron chi connectivity index (χ4n) is 1.36. The fraction of sp³-hybridized carbons (Fsp3) is 0.273. The Bertz CT molecular complexity index is 688. The summed E-state index contributed by atoms with van der Waals surface area (Å²) in [7, 11) is 0. The molecule has 1 heterocycles. The number of carbonyl (C=O) groups is 1. The average Bonchev–Trinajstić information content (AvgIpc) is 2.80. The minimum Gasteiger partial charge on any atom is -0.504 e. The summed E-state index contributed by atoms with van der Waals surface area (Å²) in [5.41, 5.74) is -0.291. The number of carboxylic acid groups (broad SMARTS) is 1. The van der Waals surface area contributed by atoms with Crippen LogP contribution in [0.5, 0.6) is 5.75 Å². The number of imidazole rings is 1. The van der Waals surface area contributed by atoms with Crippen LogP contribution >= 0.6 is 23.2 Å². The first-order valence-electron chi connectivity index (χ1n) is 5.68. The molecule has 1 amide bonds. The van der Waals surface area contributed by atoms with Gasteiger partial charge < -0.3 is 20.5 Å². The molecule has 0 saturated heterocycles. The molecule has 0 radical (unpaired) electrons. The van der Waals surface area contributed by atoms with E-state index in [4.69, 9.17) is 28.3 Å². The Morgan fingerprint density at radius 3 is 2.45 bits per heavy atom. The van der Waals surface area contributed by atoms with Gasteiger partial charge >= 0.3 is 12.3 Å². The summed E-state index contributed by atoms with van der Waals surface area (Å²) in [6.45, 7) is 2.21. The SMILES string of the molecule is CCNC(=O)O.Oc1c(Cl)c(Cl)cc2[nH]c(C(F)(F)F)nc12. The van der Waals surface area contributed by atoms with Gasteiger partial charge in [-0.3, -0.25) is 0 Å². The number of benzene rings is 1. The van der Waals surface area contributed by atoms with Crippen LogP contribution in [0.1, 0.15) is 12.7 Å². The summed E-state index contributed by atoms with van der Waals surface area (Å²) in [5.74, 6) is -1.79. The molecule has 0 aliphatic heterocycles. The molecule has 11 heteroatoms. The predicted molar refractivity (Wildman–Crippen MR) is 74.5 cm³/mol. The third-order valence-corrected chi connectivity index (χ3v) is 3.02. The average molecular weight is 360 g/mol. The molecule has 2 rings (SSSR count). The molecule has 1 aromatic carbocycles. The smallest absolute Gasteiger partial charge is 0.449 e. The summed E-state index contributed by atoms with van der Waals surface area (Å²) in [4.78, 5) is 14.7. The molecule has 0 aliphatic rings. The number of halogens is 5. The molecule has 22 heavy (non-hydrogen) atoms. The highest BCUT2D eigenvalue weighted by Crippen LogP contribution is 2.39. The highest BCUT2D eigenvalue weighted by atomic mass is 35.5.